The van der Waals surface area contributed by atoms with Crippen molar-refractivity contribution >= 4 is 54.4 Å². The fourth-order valence-electron chi connectivity index (χ4n) is 8.10. The van der Waals surface area contributed by atoms with E-state index in [-0.39, 0.29) is 0 Å². The van der Waals surface area contributed by atoms with Crippen LogP contribution >= 0.6 is 0 Å². The molecule has 0 radical (unpaired) electrons. The molecular weight excluding hydrogens is 671 g/mol. The minimum atomic E-state index is 0.896. The maximum Gasteiger partial charge on any atom is 0.101 e. The van der Waals surface area contributed by atoms with Crippen LogP contribution in [-0.2, 0) is 0 Å². The van der Waals surface area contributed by atoms with Crippen LogP contribution < -0.4 is 0 Å². The lowest BCUT2D eigenvalue weighted by Crippen LogP contribution is -1.96. The van der Waals surface area contributed by atoms with E-state index in [0.717, 1.165) is 94.1 Å². The number of para-hydroxylation sites is 1. The van der Waals surface area contributed by atoms with Gasteiger partial charge in [-0.3, -0.25) is 9.97 Å². The molecule has 4 heterocycles. The summed E-state index contributed by atoms with van der Waals surface area (Å²) in [7, 11) is 0. The van der Waals surface area contributed by atoms with Gasteiger partial charge in [0.2, 0.25) is 0 Å². The average Bonchev–Trinajstić information content (AvgIpc) is 3.67. The highest BCUT2D eigenvalue weighted by Gasteiger charge is 2.21. The Bertz CT molecular complexity index is 3240. The Morgan fingerprint density at radius 1 is 0.400 bits per heavy atom. The predicted molar refractivity (Wildman–Crippen MR) is 226 cm³/mol. The second-order valence-corrected chi connectivity index (χ2v) is 13.9. The van der Waals surface area contributed by atoms with E-state index < -0.39 is 0 Å². The summed E-state index contributed by atoms with van der Waals surface area (Å²) in [6.45, 7) is 0. The Hall–Kier alpha value is -7.50. The molecule has 7 aromatic carbocycles. The Kier molecular flexibility index (Phi) is 7.10. The number of benzene rings is 7. The van der Waals surface area contributed by atoms with Gasteiger partial charge in [-0.05, 0) is 58.5 Å². The molecule has 5 heteroatoms. The Morgan fingerprint density at radius 2 is 1.02 bits per heavy atom. The van der Waals surface area contributed by atoms with Crippen molar-refractivity contribution in [1.29, 1.82) is 0 Å². The number of fused-ring (bicyclic) bond motifs is 7. The molecule has 0 unspecified atom stereocenters. The van der Waals surface area contributed by atoms with Crippen LogP contribution in [0.1, 0.15) is 0 Å². The number of hydrogen-bond acceptors (Lipinski definition) is 4. The quantitative estimate of drug-likeness (QED) is 0.168. The molecule has 4 aromatic heterocycles. The molecule has 0 aliphatic heterocycles. The first kappa shape index (κ1) is 31.1. The maximum absolute atomic E-state index is 5.40. The molecule has 5 nitrogen and oxygen atoms in total. The minimum absolute atomic E-state index is 0.896. The van der Waals surface area contributed by atoms with Gasteiger partial charge < -0.3 is 0 Å². The Balaban J connectivity index is 1.07. The summed E-state index contributed by atoms with van der Waals surface area (Å²) >= 11 is 0. The van der Waals surface area contributed by atoms with E-state index in [9.17, 15) is 0 Å². The van der Waals surface area contributed by atoms with Crippen molar-refractivity contribution in [3.8, 4) is 50.5 Å². The zero-order valence-electron chi connectivity index (χ0n) is 29.6. The zero-order chi connectivity index (χ0) is 36.3. The lowest BCUT2D eigenvalue weighted by Gasteiger charge is -2.12. The summed E-state index contributed by atoms with van der Waals surface area (Å²) in [5.41, 5.74) is 13.3. The lowest BCUT2D eigenvalue weighted by atomic mass is 9.93. The van der Waals surface area contributed by atoms with Crippen LogP contribution in [0.5, 0.6) is 0 Å². The normalized spacial score (nSPS) is 11.6. The van der Waals surface area contributed by atoms with Crippen LogP contribution in [0.2, 0.25) is 0 Å². The third-order valence-electron chi connectivity index (χ3n) is 10.7. The Labute approximate surface area is 316 Å². The molecule has 0 N–H and O–H groups in total. The van der Waals surface area contributed by atoms with Crippen LogP contribution in [0, 0.1) is 0 Å². The van der Waals surface area contributed by atoms with Crippen LogP contribution in [0.25, 0.3) is 105 Å². The summed E-state index contributed by atoms with van der Waals surface area (Å²) < 4.78 is 2.11. The van der Waals surface area contributed by atoms with Crippen molar-refractivity contribution in [3.63, 3.8) is 0 Å². The van der Waals surface area contributed by atoms with Gasteiger partial charge in [0.05, 0.1) is 33.4 Å². The Morgan fingerprint density at radius 3 is 1.85 bits per heavy atom. The van der Waals surface area contributed by atoms with E-state index in [0.29, 0.717) is 0 Å². The topological polar surface area (TPSA) is 56.5 Å². The molecule has 0 saturated carbocycles. The summed E-state index contributed by atoms with van der Waals surface area (Å²) in [5, 5.41) is 12.1. The fraction of sp³-hybridized carbons (Fsp3) is 0. The zero-order valence-corrected chi connectivity index (χ0v) is 29.6. The van der Waals surface area contributed by atoms with E-state index in [4.69, 9.17) is 15.1 Å². The summed E-state index contributed by atoms with van der Waals surface area (Å²) in [4.78, 5) is 14.8. The van der Waals surface area contributed by atoms with Gasteiger partial charge in [-0.1, -0.05) is 140 Å². The highest BCUT2D eigenvalue weighted by atomic mass is 15.3. The molecule has 0 bridgehead atoms. The van der Waals surface area contributed by atoms with Gasteiger partial charge in [0.1, 0.15) is 5.69 Å². The van der Waals surface area contributed by atoms with Crippen molar-refractivity contribution in [2.45, 2.75) is 0 Å². The van der Waals surface area contributed by atoms with Gasteiger partial charge in [-0.25, -0.2) is 9.67 Å². The van der Waals surface area contributed by atoms with Crippen LogP contribution in [0.15, 0.2) is 188 Å². The molecule has 11 rings (SSSR count). The average molecular weight is 702 g/mol. The van der Waals surface area contributed by atoms with Crippen LogP contribution in [-0.4, -0.2) is 24.7 Å². The molecule has 256 valence electrons. The SMILES string of the molecule is c1ccc(-c2cc3ccccc3c3c2c(-c2ccc(-c4ccc(-c5ccc6ccc7cccnc7c6n5)c5cccnc45)cc2)nn3-c2ccccc2)cc1. The standard InChI is InChI=1S/C50H31N5/c1-3-11-32(12-4-1)43-31-37-13-7-8-17-40(37)50-45(43)46(54-55(50)38-15-5-2-6-16-38)35-21-19-33(20-22-35)39-26-27-41(42-18-10-30-52-49(39)42)44-28-25-36-24-23-34-14-9-29-51-47(34)48(36)53-44/h1-31H. The molecule has 0 atom stereocenters. The van der Waals surface area contributed by atoms with Crippen molar-refractivity contribution in [2.75, 3.05) is 0 Å². The van der Waals surface area contributed by atoms with E-state index in [1.807, 2.05) is 30.6 Å². The minimum Gasteiger partial charge on any atom is -0.256 e. The van der Waals surface area contributed by atoms with Gasteiger partial charge in [-0.2, -0.15) is 5.10 Å². The van der Waals surface area contributed by atoms with Crippen molar-refractivity contribution < 1.29 is 0 Å². The van der Waals surface area contributed by atoms with Gasteiger partial charge >= 0.3 is 0 Å². The molecule has 0 saturated heterocycles. The summed E-state index contributed by atoms with van der Waals surface area (Å²) in [6, 6.07) is 61.8. The smallest absolute Gasteiger partial charge is 0.101 e. The van der Waals surface area contributed by atoms with E-state index >= 15 is 0 Å². The largest absolute Gasteiger partial charge is 0.256 e. The number of pyridine rings is 3. The number of nitrogens with zero attached hydrogens (tertiary/aromatic N) is 5. The molecule has 0 spiro atoms. The molecular formula is C50H31N5. The molecule has 0 fully saturated rings. The highest BCUT2D eigenvalue weighted by molar-refractivity contribution is 6.17. The lowest BCUT2D eigenvalue weighted by molar-refractivity contribution is 0.918. The molecule has 11 aromatic rings. The first-order valence-corrected chi connectivity index (χ1v) is 18.5. The monoisotopic (exact) mass is 701 g/mol. The number of rotatable bonds is 5. The molecule has 0 amide bonds. The maximum atomic E-state index is 5.40. The van der Waals surface area contributed by atoms with Crippen LogP contribution in [0.3, 0.4) is 0 Å². The van der Waals surface area contributed by atoms with E-state index in [2.05, 4.69) is 167 Å². The number of hydrogen-bond donors (Lipinski definition) is 0. The van der Waals surface area contributed by atoms with Gasteiger partial charge in [-0.15, -0.1) is 0 Å². The molecule has 0 aliphatic rings. The second-order valence-electron chi connectivity index (χ2n) is 13.9. The first-order chi connectivity index (χ1) is 27.3. The summed E-state index contributed by atoms with van der Waals surface area (Å²) in [5.74, 6) is 0. The molecule has 0 aliphatic carbocycles. The van der Waals surface area contributed by atoms with E-state index in [1.165, 1.54) is 10.8 Å². The van der Waals surface area contributed by atoms with Crippen molar-refractivity contribution in [1.82, 2.24) is 24.7 Å². The van der Waals surface area contributed by atoms with Gasteiger partial charge in [0.25, 0.3) is 0 Å². The first-order valence-electron chi connectivity index (χ1n) is 18.5. The van der Waals surface area contributed by atoms with Gasteiger partial charge in [0, 0.05) is 56.0 Å². The second kappa shape index (κ2) is 12.6. The fourth-order valence-corrected chi connectivity index (χ4v) is 8.10. The predicted octanol–water partition coefficient (Wildman–Crippen LogP) is 12.5. The van der Waals surface area contributed by atoms with E-state index in [1.54, 1.807) is 0 Å². The molecule has 55 heavy (non-hydrogen) atoms. The number of aromatic nitrogens is 5. The van der Waals surface area contributed by atoms with Crippen LogP contribution in [0.4, 0.5) is 0 Å². The highest BCUT2D eigenvalue weighted by Crippen LogP contribution is 2.42. The van der Waals surface area contributed by atoms with Gasteiger partial charge in [0.15, 0.2) is 0 Å². The third-order valence-corrected chi connectivity index (χ3v) is 10.7. The van der Waals surface area contributed by atoms with Crippen molar-refractivity contribution in [3.05, 3.63) is 188 Å². The third kappa shape index (κ3) is 5.09. The van der Waals surface area contributed by atoms with Crippen molar-refractivity contribution in [2.24, 2.45) is 0 Å². The summed E-state index contributed by atoms with van der Waals surface area (Å²) in [6.07, 6.45) is 3.70.